The summed E-state index contributed by atoms with van der Waals surface area (Å²) >= 11 is 5.72. The fourth-order valence-corrected chi connectivity index (χ4v) is 3.64. The molecule has 1 aliphatic carbocycles. The van der Waals surface area contributed by atoms with Gasteiger partial charge in [0.05, 0.1) is 0 Å². The molecule has 0 bridgehead atoms. The molecule has 0 amide bonds. The monoisotopic (exact) mass is 361 g/mol. The molecular weight excluding hydrogens is 342 g/mol. The Morgan fingerprint density at radius 1 is 1.15 bits per heavy atom. The van der Waals surface area contributed by atoms with Gasteiger partial charge in [0.25, 0.3) is 0 Å². The predicted octanol–water partition coefficient (Wildman–Crippen LogP) is 4.23. The molecule has 1 heterocycles. The van der Waals surface area contributed by atoms with Gasteiger partial charge in [0, 0.05) is 29.8 Å². The van der Waals surface area contributed by atoms with E-state index in [2.05, 4.69) is 12.1 Å². The summed E-state index contributed by atoms with van der Waals surface area (Å²) in [4.78, 5) is 0. The molecule has 0 spiro atoms. The lowest BCUT2D eigenvalue weighted by Crippen LogP contribution is -2.10. The number of hydrogen-bond donors (Lipinski definition) is 2. The number of nitriles is 1. The van der Waals surface area contributed by atoms with Crippen LogP contribution in [0.1, 0.15) is 23.6 Å². The van der Waals surface area contributed by atoms with Gasteiger partial charge in [-0.15, -0.1) is 0 Å². The van der Waals surface area contributed by atoms with E-state index in [9.17, 15) is 5.26 Å². The average Bonchev–Trinajstić information content (AvgIpc) is 3.04. The zero-order chi connectivity index (χ0) is 18.7. The first-order chi connectivity index (χ1) is 12.6. The summed E-state index contributed by atoms with van der Waals surface area (Å²) in [6.07, 6.45) is 0.742. The van der Waals surface area contributed by atoms with Gasteiger partial charge in [-0.25, -0.2) is 0 Å². The SMILES string of the molecule is CCO.N#Cc1c2c(c(=S)n(-c3ccccc3)c1N)Cc1ccccc1-2. The number of hydrogen-bond acceptors (Lipinski definition) is 4. The highest BCUT2D eigenvalue weighted by molar-refractivity contribution is 7.71. The highest BCUT2D eigenvalue weighted by Gasteiger charge is 2.26. The Bertz CT molecular complexity index is 1050. The van der Waals surface area contributed by atoms with Gasteiger partial charge in [-0.05, 0) is 30.2 Å². The smallest absolute Gasteiger partial charge is 0.127 e. The Kier molecular flexibility index (Phi) is 5.17. The lowest BCUT2D eigenvalue weighted by Gasteiger charge is -2.16. The summed E-state index contributed by atoms with van der Waals surface area (Å²) in [5, 5.41) is 17.3. The molecule has 130 valence electrons. The third-order valence-corrected chi connectivity index (χ3v) is 4.72. The molecule has 2 aromatic carbocycles. The van der Waals surface area contributed by atoms with E-state index in [-0.39, 0.29) is 6.61 Å². The standard InChI is InChI=1S/C19H13N3S.C2H6O/c20-11-16-17-14-9-5-4-6-12(14)10-15(17)19(23)22(18(16)21)13-7-2-1-3-8-13;1-2-3/h1-9H,10,21H2;3H,2H2,1H3. The number of benzene rings is 2. The number of para-hydroxylation sites is 1. The first-order valence-corrected chi connectivity index (χ1v) is 8.76. The van der Waals surface area contributed by atoms with E-state index >= 15 is 0 Å². The number of aliphatic hydroxyl groups is 1. The number of anilines is 1. The first kappa shape index (κ1) is 17.9. The Morgan fingerprint density at radius 2 is 1.77 bits per heavy atom. The number of fused-ring (bicyclic) bond motifs is 3. The topological polar surface area (TPSA) is 75.0 Å². The van der Waals surface area contributed by atoms with Crippen LogP contribution in [0.15, 0.2) is 54.6 Å². The minimum absolute atomic E-state index is 0.250. The highest BCUT2D eigenvalue weighted by Crippen LogP contribution is 2.42. The number of aromatic nitrogens is 1. The molecule has 0 saturated carbocycles. The minimum Gasteiger partial charge on any atom is -0.397 e. The summed E-state index contributed by atoms with van der Waals surface area (Å²) in [6.45, 7) is 1.93. The molecule has 0 radical (unpaired) electrons. The summed E-state index contributed by atoms with van der Waals surface area (Å²) in [5.74, 6) is 0.402. The second-order valence-electron chi connectivity index (χ2n) is 5.85. The second kappa shape index (κ2) is 7.52. The van der Waals surface area contributed by atoms with Gasteiger partial charge in [-0.2, -0.15) is 5.26 Å². The lowest BCUT2D eigenvalue weighted by molar-refractivity contribution is 0.318. The largest absolute Gasteiger partial charge is 0.397 e. The Morgan fingerprint density at radius 3 is 2.42 bits per heavy atom. The molecular formula is C21H19N3OS. The number of nitrogens with two attached hydrogens (primary N) is 1. The van der Waals surface area contributed by atoms with Gasteiger partial charge in [-0.3, -0.25) is 4.57 Å². The van der Waals surface area contributed by atoms with E-state index in [1.165, 1.54) is 5.56 Å². The zero-order valence-electron chi connectivity index (χ0n) is 14.4. The molecule has 0 unspecified atom stereocenters. The van der Waals surface area contributed by atoms with Crippen LogP contribution in [0.2, 0.25) is 0 Å². The number of rotatable bonds is 1. The van der Waals surface area contributed by atoms with Crippen molar-refractivity contribution in [3.05, 3.63) is 75.9 Å². The summed E-state index contributed by atoms with van der Waals surface area (Å²) < 4.78 is 2.48. The molecule has 0 aliphatic heterocycles. The average molecular weight is 361 g/mol. The molecule has 0 saturated heterocycles. The summed E-state index contributed by atoms with van der Waals surface area (Å²) in [7, 11) is 0. The highest BCUT2D eigenvalue weighted by atomic mass is 32.1. The fraction of sp³-hybridized carbons (Fsp3) is 0.143. The molecule has 5 heteroatoms. The maximum atomic E-state index is 9.69. The van der Waals surface area contributed by atoms with Gasteiger partial charge in [0.2, 0.25) is 0 Å². The molecule has 1 aliphatic rings. The second-order valence-corrected chi connectivity index (χ2v) is 6.24. The maximum Gasteiger partial charge on any atom is 0.127 e. The van der Waals surface area contributed by atoms with Crippen molar-refractivity contribution < 1.29 is 5.11 Å². The van der Waals surface area contributed by atoms with E-state index in [0.717, 1.165) is 28.8 Å². The first-order valence-electron chi connectivity index (χ1n) is 8.36. The minimum atomic E-state index is 0.250. The van der Waals surface area contributed by atoms with Gasteiger partial charge >= 0.3 is 0 Å². The molecule has 3 aromatic rings. The fourth-order valence-electron chi connectivity index (χ4n) is 3.26. The number of pyridine rings is 1. The van der Waals surface area contributed by atoms with E-state index < -0.39 is 0 Å². The molecule has 3 N–H and O–H groups in total. The van der Waals surface area contributed by atoms with Crippen LogP contribution in [0.3, 0.4) is 0 Å². The van der Waals surface area contributed by atoms with Crippen molar-refractivity contribution in [2.24, 2.45) is 0 Å². The normalized spacial score (nSPS) is 11.0. The van der Waals surface area contributed by atoms with Crippen LogP contribution >= 0.6 is 12.2 Å². The molecule has 0 atom stereocenters. The summed E-state index contributed by atoms with van der Waals surface area (Å²) in [5.41, 5.74) is 11.9. The van der Waals surface area contributed by atoms with E-state index in [0.29, 0.717) is 16.0 Å². The van der Waals surface area contributed by atoms with Crippen molar-refractivity contribution in [1.29, 1.82) is 5.26 Å². The Labute approximate surface area is 157 Å². The lowest BCUT2D eigenvalue weighted by atomic mass is 10.0. The van der Waals surface area contributed by atoms with Crippen LogP contribution < -0.4 is 5.73 Å². The van der Waals surface area contributed by atoms with Crippen LogP contribution in [0, 0.1) is 16.0 Å². The molecule has 0 fully saturated rings. The van der Waals surface area contributed by atoms with Crippen molar-refractivity contribution in [1.82, 2.24) is 4.57 Å². The number of nitrogen functional groups attached to an aromatic ring is 1. The van der Waals surface area contributed by atoms with Crippen molar-refractivity contribution in [2.45, 2.75) is 13.3 Å². The Balaban J connectivity index is 0.000000613. The predicted molar refractivity (Wildman–Crippen MR) is 107 cm³/mol. The third-order valence-electron chi connectivity index (χ3n) is 4.29. The molecule has 4 nitrogen and oxygen atoms in total. The zero-order valence-corrected chi connectivity index (χ0v) is 15.3. The van der Waals surface area contributed by atoms with Crippen molar-refractivity contribution in [3.63, 3.8) is 0 Å². The van der Waals surface area contributed by atoms with Crippen LogP contribution in [0.25, 0.3) is 16.8 Å². The van der Waals surface area contributed by atoms with Gasteiger partial charge in [0.1, 0.15) is 22.1 Å². The van der Waals surface area contributed by atoms with E-state index in [1.54, 1.807) is 11.5 Å². The van der Waals surface area contributed by atoms with Crippen LogP contribution in [-0.2, 0) is 6.42 Å². The summed E-state index contributed by atoms with van der Waals surface area (Å²) in [6, 6.07) is 20.1. The quantitative estimate of drug-likeness (QED) is 0.498. The molecule has 4 rings (SSSR count). The van der Waals surface area contributed by atoms with Crippen LogP contribution in [0.5, 0.6) is 0 Å². The van der Waals surface area contributed by atoms with Crippen LogP contribution in [0.4, 0.5) is 5.82 Å². The molecule has 26 heavy (non-hydrogen) atoms. The van der Waals surface area contributed by atoms with Gasteiger partial charge in [-0.1, -0.05) is 54.7 Å². The van der Waals surface area contributed by atoms with E-state index in [4.69, 9.17) is 23.1 Å². The molecule has 1 aromatic heterocycles. The van der Waals surface area contributed by atoms with Crippen molar-refractivity contribution in [3.8, 4) is 22.9 Å². The van der Waals surface area contributed by atoms with E-state index in [1.807, 2.05) is 48.5 Å². The van der Waals surface area contributed by atoms with Crippen LogP contribution in [-0.4, -0.2) is 16.3 Å². The van der Waals surface area contributed by atoms with Crippen molar-refractivity contribution >= 4 is 18.0 Å². The third kappa shape index (κ3) is 2.90. The van der Waals surface area contributed by atoms with Gasteiger partial charge < -0.3 is 10.8 Å². The van der Waals surface area contributed by atoms with Crippen molar-refractivity contribution in [2.75, 3.05) is 12.3 Å². The maximum absolute atomic E-state index is 9.69. The Hall–Kier alpha value is -2.94. The number of nitrogens with zero attached hydrogens (tertiary/aromatic N) is 2. The van der Waals surface area contributed by atoms with Gasteiger partial charge in [0.15, 0.2) is 0 Å². The number of aliphatic hydroxyl groups excluding tert-OH is 1.